The molecule has 2 heteroatoms. The maximum absolute atomic E-state index is 9.85. The molecule has 21 heavy (non-hydrogen) atoms. The first-order chi connectivity index (χ1) is 9.89. The molecule has 0 radical (unpaired) electrons. The first-order valence-electron chi connectivity index (χ1n) is 7.52. The number of phenolic OH excluding ortho intramolecular Hbond substituents is 2. The Balaban J connectivity index is 2.24. The van der Waals surface area contributed by atoms with Gasteiger partial charge in [-0.2, -0.15) is 0 Å². The molecule has 110 valence electrons. The standard InChI is InChI=1S/C19H22O2/c1-4-19(13-5-7-14(20)8-6-13)12-18(2,3)17-11-15(21)9-10-16(17)19/h5-11,20-21H,4,12H2,1-3H3. The van der Waals surface area contributed by atoms with E-state index in [4.69, 9.17) is 0 Å². The van der Waals surface area contributed by atoms with E-state index in [9.17, 15) is 10.2 Å². The minimum atomic E-state index is -0.0414. The summed E-state index contributed by atoms with van der Waals surface area (Å²) < 4.78 is 0. The van der Waals surface area contributed by atoms with E-state index in [1.807, 2.05) is 18.2 Å². The Morgan fingerprint density at radius 2 is 1.52 bits per heavy atom. The Labute approximate surface area is 126 Å². The average molecular weight is 282 g/mol. The van der Waals surface area contributed by atoms with Gasteiger partial charge in [0.15, 0.2) is 0 Å². The third kappa shape index (κ3) is 2.01. The smallest absolute Gasteiger partial charge is 0.115 e. The average Bonchev–Trinajstić information content (AvgIpc) is 2.68. The van der Waals surface area contributed by atoms with Crippen LogP contribution >= 0.6 is 0 Å². The van der Waals surface area contributed by atoms with Crippen molar-refractivity contribution in [3.8, 4) is 11.5 Å². The van der Waals surface area contributed by atoms with Gasteiger partial charge in [0.25, 0.3) is 0 Å². The van der Waals surface area contributed by atoms with Gasteiger partial charge in [0.05, 0.1) is 0 Å². The van der Waals surface area contributed by atoms with Crippen LogP contribution in [0, 0.1) is 0 Å². The van der Waals surface area contributed by atoms with Gasteiger partial charge in [-0.25, -0.2) is 0 Å². The number of rotatable bonds is 2. The zero-order valence-corrected chi connectivity index (χ0v) is 12.9. The molecule has 0 saturated heterocycles. The molecule has 0 fully saturated rings. The Bertz CT molecular complexity index is 670. The maximum Gasteiger partial charge on any atom is 0.115 e. The van der Waals surface area contributed by atoms with Crippen molar-refractivity contribution in [3.05, 3.63) is 59.2 Å². The summed E-state index contributed by atoms with van der Waals surface area (Å²) in [5, 5.41) is 19.4. The summed E-state index contributed by atoms with van der Waals surface area (Å²) in [6, 6.07) is 13.3. The third-order valence-corrected chi connectivity index (χ3v) is 5.02. The van der Waals surface area contributed by atoms with Crippen LogP contribution < -0.4 is 0 Å². The summed E-state index contributed by atoms with van der Waals surface area (Å²) in [6.45, 7) is 6.69. The van der Waals surface area contributed by atoms with Gasteiger partial charge in [-0.05, 0) is 59.2 Å². The fourth-order valence-corrected chi connectivity index (χ4v) is 4.01. The Morgan fingerprint density at radius 1 is 0.905 bits per heavy atom. The van der Waals surface area contributed by atoms with Crippen molar-refractivity contribution in [2.24, 2.45) is 0 Å². The minimum absolute atomic E-state index is 0.0297. The molecule has 2 aromatic rings. The highest BCUT2D eigenvalue weighted by Gasteiger charge is 2.47. The SMILES string of the molecule is CCC1(c2ccc(O)cc2)CC(C)(C)c2cc(O)ccc21. The number of benzene rings is 2. The zero-order chi connectivity index (χ0) is 15.3. The van der Waals surface area contributed by atoms with Crippen molar-refractivity contribution >= 4 is 0 Å². The monoisotopic (exact) mass is 282 g/mol. The van der Waals surface area contributed by atoms with Gasteiger partial charge in [-0.1, -0.05) is 39.0 Å². The van der Waals surface area contributed by atoms with Crippen molar-refractivity contribution in [3.63, 3.8) is 0 Å². The van der Waals surface area contributed by atoms with Gasteiger partial charge < -0.3 is 10.2 Å². The topological polar surface area (TPSA) is 40.5 Å². The van der Waals surface area contributed by atoms with Crippen LogP contribution in [-0.2, 0) is 10.8 Å². The molecule has 0 spiro atoms. The van der Waals surface area contributed by atoms with Crippen molar-refractivity contribution in [1.82, 2.24) is 0 Å². The number of hydrogen-bond acceptors (Lipinski definition) is 2. The molecule has 1 atom stereocenters. The van der Waals surface area contributed by atoms with Crippen molar-refractivity contribution < 1.29 is 10.2 Å². The molecule has 0 amide bonds. The second-order valence-electron chi connectivity index (χ2n) is 6.77. The number of aromatic hydroxyl groups is 2. The maximum atomic E-state index is 9.85. The summed E-state index contributed by atoms with van der Waals surface area (Å²) >= 11 is 0. The molecule has 0 heterocycles. The second-order valence-corrected chi connectivity index (χ2v) is 6.77. The molecule has 0 bridgehead atoms. The first kappa shape index (κ1) is 14.0. The molecule has 1 unspecified atom stereocenters. The second kappa shape index (κ2) is 4.52. The Hall–Kier alpha value is -1.96. The van der Waals surface area contributed by atoms with Gasteiger partial charge in [0, 0.05) is 5.41 Å². The van der Waals surface area contributed by atoms with Crippen LogP contribution in [0.5, 0.6) is 11.5 Å². The molecular weight excluding hydrogens is 260 g/mol. The van der Waals surface area contributed by atoms with Crippen molar-refractivity contribution in [1.29, 1.82) is 0 Å². The highest BCUT2D eigenvalue weighted by atomic mass is 16.3. The first-order valence-corrected chi connectivity index (χ1v) is 7.52. The Morgan fingerprint density at radius 3 is 2.14 bits per heavy atom. The van der Waals surface area contributed by atoms with Gasteiger partial charge in [-0.3, -0.25) is 0 Å². The number of hydrogen-bond donors (Lipinski definition) is 2. The van der Waals surface area contributed by atoms with Crippen LogP contribution in [0.4, 0.5) is 0 Å². The van der Waals surface area contributed by atoms with Crippen LogP contribution in [0.25, 0.3) is 0 Å². The predicted molar refractivity (Wildman–Crippen MR) is 84.9 cm³/mol. The van der Waals surface area contributed by atoms with E-state index in [1.165, 1.54) is 16.7 Å². The molecule has 1 aliphatic rings. The van der Waals surface area contributed by atoms with E-state index in [-0.39, 0.29) is 10.8 Å². The summed E-state index contributed by atoms with van der Waals surface area (Å²) in [7, 11) is 0. The minimum Gasteiger partial charge on any atom is -0.508 e. The summed E-state index contributed by atoms with van der Waals surface area (Å²) in [6.07, 6.45) is 2.01. The largest absolute Gasteiger partial charge is 0.508 e. The molecule has 3 rings (SSSR count). The van der Waals surface area contributed by atoms with E-state index in [2.05, 4.69) is 26.8 Å². The van der Waals surface area contributed by atoms with E-state index < -0.39 is 0 Å². The van der Waals surface area contributed by atoms with E-state index >= 15 is 0 Å². The molecule has 0 aromatic heterocycles. The Kier molecular flexibility index (Phi) is 3.01. The van der Waals surface area contributed by atoms with Gasteiger partial charge in [0.1, 0.15) is 11.5 Å². The lowest BCUT2D eigenvalue weighted by atomic mass is 9.71. The van der Waals surface area contributed by atoms with Crippen LogP contribution in [0.3, 0.4) is 0 Å². The lowest BCUT2D eigenvalue weighted by Crippen LogP contribution is -2.26. The fraction of sp³-hybridized carbons (Fsp3) is 0.368. The molecule has 0 aliphatic heterocycles. The lowest BCUT2D eigenvalue weighted by Gasteiger charge is -2.32. The highest BCUT2D eigenvalue weighted by Crippen LogP contribution is 2.55. The van der Waals surface area contributed by atoms with Crippen molar-refractivity contribution in [2.45, 2.75) is 44.4 Å². The molecule has 2 aromatic carbocycles. The quantitative estimate of drug-likeness (QED) is 0.853. The highest BCUT2D eigenvalue weighted by molar-refractivity contribution is 5.54. The fourth-order valence-electron chi connectivity index (χ4n) is 4.01. The normalized spacial score (nSPS) is 23.0. The molecule has 1 aliphatic carbocycles. The summed E-state index contributed by atoms with van der Waals surface area (Å²) in [4.78, 5) is 0. The summed E-state index contributed by atoms with van der Waals surface area (Å²) in [5.74, 6) is 0.632. The molecule has 2 N–H and O–H groups in total. The number of phenols is 2. The molecule has 0 saturated carbocycles. The third-order valence-electron chi connectivity index (χ3n) is 5.02. The predicted octanol–water partition coefficient (Wildman–Crippen LogP) is 4.48. The van der Waals surface area contributed by atoms with Crippen LogP contribution in [0.15, 0.2) is 42.5 Å². The summed E-state index contributed by atoms with van der Waals surface area (Å²) in [5.41, 5.74) is 3.76. The van der Waals surface area contributed by atoms with Crippen LogP contribution in [0.1, 0.15) is 50.3 Å². The van der Waals surface area contributed by atoms with Gasteiger partial charge >= 0.3 is 0 Å². The van der Waals surface area contributed by atoms with Crippen LogP contribution in [-0.4, -0.2) is 10.2 Å². The van der Waals surface area contributed by atoms with Gasteiger partial charge in [-0.15, -0.1) is 0 Å². The van der Waals surface area contributed by atoms with E-state index in [0.717, 1.165) is 12.8 Å². The number of fused-ring (bicyclic) bond motifs is 1. The molecular formula is C19H22O2. The van der Waals surface area contributed by atoms with Crippen molar-refractivity contribution in [2.75, 3.05) is 0 Å². The van der Waals surface area contributed by atoms with E-state index in [1.54, 1.807) is 18.2 Å². The van der Waals surface area contributed by atoms with Crippen LogP contribution in [0.2, 0.25) is 0 Å². The zero-order valence-electron chi connectivity index (χ0n) is 12.9. The van der Waals surface area contributed by atoms with Gasteiger partial charge in [0.2, 0.25) is 0 Å². The lowest BCUT2D eigenvalue weighted by molar-refractivity contribution is 0.390. The molecule has 2 nitrogen and oxygen atoms in total. The van der Waals surface area contributed by atoms with E-state index in [0.29, 0.717) is 11.5 Å².